The molecule has 5 N–H and O–H groups in total. The van der Waals surface area contributed by atoms with Gasteiger partial charge in [-0.25, -0.2) is 23.5 Å². The topological polar surface area (TPSA) is 169 Å². The van der Waals surface area contributed by atoms with E-state index in [2.05, 4.69) is 15.6 Å². The summed E-state index contributed by atoms with van der Waals surface area (Å²) in [4.78, 5) is 50.0. The summed E-state index contributed by atoms with van der Waals surface area (Å²) in [5.41, 5.74) is 5.25. The monoisotopic (exact) mass is 674 g/mol. The Kier molecular flexibility index (Phi) is 9.34. The Balaban J connectivity index is 1.48. The van der Waals surface area contributed by atoms with Crippen molar-refractivity contribution >= 4 is 45.2 Å². The van der Waals surface area contributed by atoms with Crippen LogP contribution in [0.4, 0.5) is 13.9 Å². The van der Waals surface area contributed by atoms with Crippen molar-refractivity contribution in [1.29, 1.82) is 0 Å². The zero-order valence-electron chi connectivity index (χ0n) is 27.0. The molecule has 5 atom stereocenters. The Morgan fingerprint density at radius 3 is 2.49 bits per heavy atom. The lowest BCUT2D eigenvalue weighted by atomic mass is 9.86. The number of anilines is 1. The van der Waals surface area contributed by atoms with Crippen molar-refractivity contribution < 1.29 is 37.7 Å². The molecule has 15 heteroatoms. The number of benzene rings is 1. The highest BCUT2D eigenvalue weighted by Crippen LogP contribution is 2.48. The van der Waals surface area contributed by atoms with Crippen molar-refractivity contribution in [2.75, 3.05) is 19.0 Å². The number of halogens is 2. The number of aromatic nitrogens is 2. The van der Waals surface area contributed by atoms with Gasteiger partial charge in [-0.3, -0.25) is 9.59 Å². The first-order valence-corrected chi connectivity index (χ1v) is 16.2. The molecule has 1 unspecified atom stereocenters. The van der Waals surface area contributed by atoms with Crippen LogP contribution in [0.2, 0.25) is 0 Å². The summed E-state index contributed by atoms with van der Waals surface area (Å²) in [5, 5.41) is 18.6. The van der Waals surface area contributed by atoms with E-state index >= 15 is 0 Å². The number of carboxylic acid groups (broad SMARTS) is 1. The van der Waals surface area contributed by atoms with E-state index in [1.165, 1.54) is 16.2 Å². The molecule has 3 heterocycles. The van der Waals surface area contributed by atoms with Crippen molar-refractivity contribution in [3.8, 4) is 22.9 Å². The van der Waals surface area contributed by atoms with Gasteiger partial charge in [0.1, 0.15) is 34.9 Å². The van der Waals surface area contributed by atoms with E-state index in [4.69, 9.17) is 20.2 Å². The predicted octanol–water partition coefficient (Wildman–Crippen LogP) is 4.13. The number of amides is 2. The summed E-state index contributed by atoms with van der Waals surface area (Å²) in [6.07, 6.45) is -4.10. The smallest absolute Gasteiger partial charge is 0.329 e. The maximum absolute atomic E-state index is 13.7. The largest absolute Gasteiger partial charge is 0.497 e. The third-order valence-corrected chi connectivity index (χ3v) is 9.32. The fourth-order valence-corrected chi connectivity index (χ4v) is 6.53. The number of hydrogen-bond donors (Lipinski definition) is 4. The number of aliphatic carboxylic acids is 1. The van der Waals surface area contributed by atoms with Gasteiger partial charge in [-0.15, -0.1) is 11.3 Å². The van der Waals surface area contributed by atoms with Gasteiger partial charge in [0.15, 0.2) is 5.13 Å². The average Bonchev–Trinajstić information content (AvgIpc) is 3.32. The Morgan fingerprint density at radius 2 is 1.89 bits per heavy atom. The number of alkyl halides is 2. The molecular formula is C32H40F2N6O6S. The highest BCUT2D eigenvalue weighted by molar-refractivity contribution is 7.14. The van der Waals surface area contributed by atoms with E-state index in [9.17, 15) is 28.3 Å². The molecule has 2 aromatic heterocycles. The Labute approximate surface area is 275 Å². The summed E-state index contributed by atoms with van der Waals surface area (Å²) >= 11 is 1.43. The summed E-state index contributed by atoms with van der Waals surface area (Å²) in [6, 6.07) is 5.02. The Bertz CT molecular complexity index is 1680. The highest BCUT2D eigenvalue weighted by Gasteiger charge is 2.66. The zero-order chi connectivity index (χ0) is 34.4. The molecule has 254 valence electrons. The second-order valence-corrected chi connectivity index (χ2v) is 14.3. The number of methoxy groups -OCH3 is 1. The zero-order valence-corrected chi connectivity index (χ0v) is 27.9. The van der Waals surface area contributed by atoms with Crippen LogP contribution in [-0.2, 0) is 14.4 Å². The normalized spacial score (nSPS) is 23.2. The summed E-state index contributed by atoms with van der Waals surface area (Å²) in [6.45, 7) is 9.32. The van der Waals surface area contributed by atoms with Crippen LogP contribution in [0, 0.1) is 11.3 Å². The number of thiazole rings is 1. The standard InChI is InChI=1S/C32H40F2N6O6S/c1-15(2)36-30-38-22(14-47-30)21-11-24(18-8-7-16(45-6)9-20(18)37-21)46-17-10-23(40(13-17)28(42)25(35)31(3,4)5)27(41)39-32(29(43)44)12-19(32)26(33)34/h7-9,11,14-15,17,19,23,25-26H,10,12-13,35H2,1-6H3,(H,36,38)(H,39,41)(H,43,44)/t17-,19+,23?,25-,32+/m1/s1. The molecule has 12 nitrogen and oxygen atoms in total. The first kappa shape index (κ1) is 34.2. The first-order chi connectivity index (χ1) is 22.0. The molecule has 2 amide bonds. The van der Waals surface area contributed by atoms with E-state index in [1.807, 2.05) is 19.2 Å². The van der Waals surface area contributed by atoms with Gasteiger partial charge in [-0.1, -0.05) is 20.8 Å². The fourth-order valence-electron chi connectivity index (χ4n) is 5.68. The first-order valence-electron chi connectivity index (χ1n) is 15.3. The van der Waals surface area contributed by atoms with Gasteiger partial charge in [0.2, 0.25) is 18.2 Å². The minimum atomic E-state index is -2.93. The fraction of sp³-hybridized carbons (Fsp3) is 0.531. The minimum Gasteiger partial charge on any atom is -0.497 e. The van der Waals surface area contributed by atoms with Gasteiger partial charge in [0.25, 0.3) is 0 Å². The highest BCUT2D eigenvalue weighted by atomic mass is 32.1. The molecule has 1 saturated heterocycles. The van der Waals surface area contributed by atoms with Gasteiger partial charge in [-0.05, 0) is 37.8 Å². The number of carbonyl (C=O) groups excluding carboxylic acids is 2. The molecule has 2 fully saturated rings. The van der Waals surface area contributed by atoms with Crippen LogP contribution < -0.4 is 25.8 Å². The molecule has 1 aromatic carbocycles. The number of nitrogens with one attached hydrogen (secondary N) is 2. The molecular weight excluding hydrogens is 634 g/mol. The van der Waals surface area contributed by atoms with Crippen LogP contribution in [0.5, 0.6) is 11.5 Å². The van der Waals surface area contributed by atoms with Crippen molar-refractivity contribution in [1.82, 2.24) is 20.2 Å². The van der Waals surface area contributed by atoms with Crippen LogP contribution in [-0.4, -0.2) is 87.6 Å². The van der Waals surface area contributed by atoms with Crippen LogP contribution in [0.25, 0.3) is 22.3 Å². The number of nitrogens with two attached hydrogens (primary N) is 1. The quantitative estimate of drug-likeness (QED) is 0.232. The number of carbonyl (C=O) groups is 3. The van der Waals surface area contributed by atoms with Gasteiger partial charge >= 0.3 is 5.97 Å². The van der Waals surface area contributed by atoms with Crippen LogP contribution in [0.3, 0.4) is 0 Å². The molecule has 3 aromatic rings. The van der Waals surface area contributed by atoms with Crippen molar-refractivity contribution in [2.45, 2.75) is 83.7 Å². The van der Waals surface area contributed by atoms with Crippen molar-refractivity contribution in [3.63, 3.8) is 0 Å². The molecule has 0 spiro atoms. The summed E-state index contributed by atoms with van der Waals surface area (Å²) in [7, 11) is 1.55. The number of ether oxygens (including phenoxy) is 2. The number of carboxylic acids is 1. The summed E-state index contributed by atoms with van der Waals surface area (Å²) in [5.74, 6) is -3.47. The molecule has 2 aliphatic rings. The molecule has 0 radical (unpaired) electrons. The number of pyridine rings is 1. The number of rotatable bonds is 11. The van der Waals surface area contributed by atoms with Crippen LogP contribution in [0.15, 0.2) is 29.6 Å². The van der Waals surface area contributed by atoms with Gasteiger partial charge in [0.05, 0.1) is 36.8 Å². The number of nitrogens with zero attached hydrogens (tertiary/aromatic N) is 3. The van der Waals surface area contributed by atoms with Gasteiger partial charge < -0.3 is 35.8 Å². The lowest BCUT2D eigenvalue weighted by Crippen LogP contribution is -2.57. The van der Waals surface area contributed by atoms with E-state index < -0.39 is 65.7 Å². The van der Waals surface area contributed by atoms with Crippen molar-refractivity contribution in [2.24, 2.45) is 17.1 Å². The maximum atomic E-state index is 13.7. The third-order valence-electron chi connectivity index (χ3n) is 8.55. The second kappa shape index (κ2) is 12.8. The number of likely N-dealkylation sites (tertiary alicyclic amines) is 1. The van der Waals surface area contributed by atoms with Crippen LogP contribution >= 0.6 is 11.3 Å². The molecule has 47 heavy (non-hydrogen) atoms. The van der Waals surface area contributed by atoms with Crippen LogP contribution in [0.1, 0.15) is 47.5 Å². The SMILES string of the molecule is COc1ccc2c(O[C@@H]3CC(C(=O)N[C@@]4(C(=O)O)C[C@H]4C(F)F)N(C(=O)[C@@H](N)C(C)(C)C)C3)cc(-c3csc(NC(C)C)n3)nc2c1. The van der Waals surface area contributed by atoms with Gasteiger partial charge in [-0.2, -0.15) is 0 Å². The van der Waals surface area contributed by atoms with E-state index in [0.29, 0.717) is 33.8 Å². The van der Waals surface area contributed by atoms with E-state index in [-0.39, 0.29) is 19.0 Å². The molecule has 1 aliphatic carbocycles. The molecule has 1 aliphatic heterocycles. The predicted molar refractivity (Wildman–Crippen MR) is 173 cm³/mol. The molecule has 5 rings (SSSR count). The average molecular weight is 675 g/mol. The Morgan fingerprint density at radius 1 is 1.17 bits per heavy atom. The van der Waals surface area contributed by atoms with Gasteiger partial charge in [0, 0.05) is 35.4 Å². The number of fused-ring (bicyclic) bond motifs is 1. The second-order valence-electron chi connectivity index (χ2n) is 13.5. The lowest BCUT2D eigenvalue weighted by molar-refractivity contribution is -0.146. The lowest BCUT2D eigenvalue weighted by Gasteiger charge is -2.32. The minimum absolute atomic E-state index is 0.0298. The third kappa shape index (κ3) is 6.96. The molecule has 0 bridgehead atoms. The van der Waals surface area contributed by atoms with E-state index in [0.717, 1.165) is 5.13 Å². The maximum Gasteiger partial charge on any atom is 0.329 e. The summed E-state index contributed by atoms with van der Waals surface area (Å²) < 4.78 is 38.9. The van der Waals surface area contributed by atoms with Crippen molar-refractivity contribution in [3.05, 3.63) is 29.6 Å². The number of hydrogen-bond acceptors (Lipinski definition) is 10. The Hall–Kier alpha value is -4.11. The molecule has 1 saturated carbocycles. The van der Waals surface area contributed by atoms with E-state index in [1.54, 1.807) is 52.1 Å².